The molecule has 0 rings (SSSR count). The number of hydrogen-bond donors (Lipinski definition) is 2. The van der Waals surface area contributed by atoms with Gasteiger partial charge in [-0.2, -0.15) is 0 Å². The van der Waals surface area contributed by atoms with Crippen LogP contribution in [0.15, 0.2) is 0 Å². The second-order valence-electron chi connectivity index (χ2n) is 3.57. The van der Waals surface area contributed by atoms with Crippen LogP contribution in [0.3, 0.4) is 0 Å². The molecule has 4 heteroatoms. The van der Waals surface area contributed by atoms with Gasteiger partial charge in [0.2, 0.25) is 0 Å². The second-order valence-corrected chi connectivity index (χ2v) is 7.14. The molecule has 0 aliphatic carbocycles. The lowest BCUT2D eigenvalue weighted by molar-refractivity contribution is 0.0614. The summed E-state index contributed by atoms with van der Waals surface area (Å²) < 4.78 is -0.623. The molecule has 0 saturated heterocycles. The maximum absolute atomic E-state index is 9.38. The quantitative estimate of drug-likeness (QED) is 0.762. The van der Waals surface area contributed by atoms with Crippen molar-refractivity contribution < 1.29 is 10.2 Å². The standard InChI is InChI=1S/C7H14Br2O2/c1-6(2,3)7(8,9)5(11)4-10/h5,10-11H,4H2,1-3H3. The second kappa shape index (κ2) is 3.73. The molecule has 0 radical (unpaired) electrons. The average Bonchev–Trinajstić information content (AvgIpc) is 1.83. The molecule has 2 nitrogen and oxygen atoms in total. The van der Waals surface area contributed by atoms with Crippen LogP contribution in [0.25, 0.3) is 0 Å². The molecule has 0 bridgehead atoms. The SMILES string of the molecule is CC(C)(C)C(Br)(Br)C(O)CO. The third-order valence-electron chi connectivity index (χ3n) is 1.59. The van der Waals surface area contributed by atoms with Crippen molar-refractivity contribution in [1.29, 1.82) is 0 Å². The summed E-state index contributed by atoms with van der Waals surface area (Å²) >= 11 is 6.67. The van der Waals surface area contributed by atoms with Crippen molar-refractivity contribution in [1.82, 2.24) is 0 Å². The number of alkyl halides is 2. The predicted molar refractivity (Wildman–Crippen MR) is 53.1 cm³/mol. The fourth-order valence-corrected chi connectivity index (χ4v) is 0.904. The van der Waals surface area contributed by atoms with Gasteiger partial charge in [0.15, 0.2) is 0 Å². The Morgan fingerprint density at radius 2 is 1.64 bits per heavy atom. The fourth-order valence-electron chi connectivity index (χ4n) is 0.614. The summed E-state index contributed by atoms with van der Waals surface area (Å²) in [5.74, 6) is 0. The van der Waals surface area contributed by atoms with Gasteiger partial charge >= 0.3 is 0 Å². The molecule has 0 spiro atoms. The van der Waals surface area contributed by atoms with E-state index in [0.29, 0.717) is 0 Å². The first-order chi connectivity index (χ1) is 4.73. The van der Waals surface area contributed by atoms with E-state index >= 15 is 0 Å². The van der Waals surface area contributed by atoms with E-state index in [4.69, 9.17) is 5.11 Å². The van der Waals surface area contributed by atoms with Gasteiger partial charge in [-0.1, -0.05) is 52.6 Å². The lowest BCUT2D eigenvalue weighted by Gasteiger charge is -2.37. The van der Waals surface area contributed by atoms with Crippen molar-refractivity contribution in [2.45, 2.75) is 30.1 Å². The Morgan fingerprint density at radius 3 is 1.73 bits per heavy atom. The highest BCUT2D eigenvalue weighted by Gasteiger charge is 2.43. The van der Waals surface area contributed by atoms with Crippen LogP contribution < -0.4 is 0 Å². The maximum Gasteiger partial charge on any atom is 0.113 e. The minimum Gasteiger partial charge on any atom is -0.394 e. The van der Waals surface area contributed by atoms with Crippen molar-refractivity contribution in [3.05, 3.63) is 0 Å². The number of halogens is 2. The molecular weight excluding hydrogens is 276 g/mol. The van der Waals surface area contributed by atoms with E-state index in [1.807, 2.05) is 20.8 Å². The molecule has 0 amide bonds. The summed E-state index contributed by atoms with van der Waals surface area (Å²) in [5, 5.41) is 18.1. The van der Waals surface area contributed by atoms with Crippen LogP contribution in [0, 0.1) is 5.41 Å². The lowest BCUT2D eigenvalue weighted by atomic mass is 9.89. The summed E-state index contributed by atoms with van der Waals surface area (Å²) in [5.41, 5.74) is -0.158. The van der Waals surface area contributed by atoms with Crippen LogP contribution in [0.2, 0.25) is 0 Å². The third kappa shape index (κ3) is 2.68. The zero-order chi connectivity index (χ0) is 9.28. The van der Waals surface area contributed by atoms with Gasteiger partial charge in [0.25, 0.3) is 0 Å². The minimum atomic E-state index is -0.803. The Kier molecular flexibility index (Phi) is 4.03. The molecule has 0 heterocycles. The Bertz CT molecular complexity index is 129. The van der Waals surface area contributed by atoms with Crippen LogP contribution >= 0.6 is 31.9 Å². The first-order valence-corrected chi connectivity index (χ1v) is 4.99. The highest BCUT2D eigenvalue weighted by atomic mass is 79.9. The van der Waals surface area contributed by atoms with E-state index in [2.05, 4.69) is 31.9 Å². The topological polar surface area (TPSA) is 40.5 Å². The van der Waals surface area contributed by atoms with Crippen molar-refractivity contribution in [2.75, 3.05) is 6.61 Å². The van der Waals surface area contributed by atoms with Crippen molar-refractivity contribution >= 4 is 31.9 Å². The smallest absolute Gasteiger partial charge is 0.113 e. The van der Waals surface area contributed by atoms with E-state index in [1.165, 1.54) is 0 Å². The van der Waals surface area contributed by atoms with Gasteiger partial charge in [-0.25, -0.2) is 0 Å². The van der Waals surface area contributed by atoms with Crippen molar-refractivity contribution in [3.8, 4) is 0 Å². The Morgan fingerprint density at radius 1 is 1.27 bits per heavy atom. The van der Waals surface area contributed by atoms with Crippen molar-refractivity contribution in [3.63, 3.8) is 0 Å². The van der Waals surface area contributed by atoms with Gasteiger partial charge in [0.05, 0.1) is 6.61 Å². The molecule has 0 aliphatic heterocycles. The van der Waals surface area contributed by atoms with Crippen LogP contribution in [0.4, 0.5) is 0 Å². The molecule has 0 aromatic carbocycles. The normalized spacial score (nSPS) is 16.6. The molecule has 2 N–H and O–H groups in total. The zero-order valence-electron chi connectivity index (χ0n) is 6.93. The number of aliphatic hydroxyl groups is 2. The van der Waals surface area contributed by atoms with Crippen LogP contribution in [-0.2, 0) is 0 Å². The highest BCUT2D eigenvalue weighted by molar-refractivity contribution is 9.25. The predicted octanol–water partition coefficient (Wildman–Crippen LogP) is 1.87. The van der Waals surface area contributed by atoms with Gasteiger partial charge in [0.1, 0.15) is 9.34 Å². The highest BCUT2D eigenvalue weighted by Crippen LogP contribution is 2.46. The molecule has 1 atom stereocenters. The third-order valence-corrected chi connectivity index (χ3v) is 5.03. The molecule has 0 saturated carbocycles. The first-order valence-electron chi connectivity index (χ1n) is 3.40. The van der Waals surface area contributed by atoms with Gasteiger partial charge in [-0.15, -0.1) is 0 Å². The maximum atomic E-state index is 9.38. The van der Waals surface area contributed by atoms with Gasteiger partial charge in [-0.3, -0.25) is 0 Å². The summed E-state index contributed by atoms with van der Waals surface area (Å²) in [7, 11) is 0. The zero-order valence-corrected chi connectivity index (χ0v) is 10.1. The Hall–Kier alpha value is 0.880. The number of hydrogen-bond acceptors (Lipinski definition) is 2. The largest absolute Gasteiger partial charge is 0.394 e. The molecule has 11 heavy (non-hydrogen) atoms. The summed E-state index contributed by atoms with van der Waals surface area (Å²) in [6.45, 7) is 5.65. The van der Waals surface area contributed by atoms with Gasteiger partial charge in [0, 0.05) is 0 Å². The fraction of sp³-hybridized carbons (Fsp3) is 1.00. The lowest BCUT2D eigenvalue weighted by Crippen LogP contribution is -2.43. The molecule has 1 unspecified atom stereocenters. The minimum absolute atomic E-state index is 0.158. The van der Waals surface area contributed by atoms with Crippen LogP contribution in [-0.4, -0.2) is 26.2 Å². The van der Waals surface area contributed by atoms with E-state index in [0.717, 1.165) is 0 Å². The van der Waals surface area contributed by atoms with Gasteiger partial charge < -0.3 is 10.2 Å². The monoisotopic (exact) mass is 288 g/mol. The van der Waals surface area contributed by atoms with E-state index in [9.17, 15) is 5.11 Å². The van der Waals surface area contributed by atoms with Crippen LogP contribution in [0.1, 0.15) is 20.8 Å². The first kappa shape index (κ1) is 11.9. The molecule has 0 aromatic rings. The van der Waals surface area contributed by atoms with Crippen molar-refractivity contribution in [2.24, 2.45) is 5.41 Å². The number of aliphatic hydroxyl groups excluding tert-OH is 2. The Labute approximate surface area is 84.3 Å². The van der Waals surface area contributed by atoms with E-state index in [1.54, 1.807) is 0 Å². The van der Waals surface area contributed by atoms with Crippen LogP contribution in [0.5, 0.6) is 0 Å². The van der Waals surface area contributed by atoms with E-state index in [-0.39, 0.29) is 12.0 Å². The molecule has 68 valence electrons. The molecular formula is C7H14Br2O2. The number of rotatable bonds is 2. The van der Waals surface area contributed by atoms with Gasteiger partial charge in [-0.05, 0) is 5.41 Å². The Balaban J connectivity index is 4.45. The molecule has 0 fully saturated rings. The summed E-state index contributed by atoms with van der Waals surface area (Å²) in [6.07, 6.45) is -0.803. The molecule has 0 aliphatic rings. The molecule has 0 aromatic heterocycles. The average molecular weight is 290 g/mol. The summed E-state index contributed by atoms with van der Waals surface area (Å²) in [4.78, 5) is 0. The summed E-state index contributed by atoms with van der Waals surface area (Å²) in [6, 6.07) is 0. The van der Waals surface area contributed by atoms with E-state index < -0.39 is 9.34 Å².